The minimum Gasteiger partial charge on any atom is -0.319 e. The molecule has 2 aromatic carbocycles. The molecule has 0 saturated carbocycles. The van der Waals surface area contributed by atoms with Gasteiger partial charge in [-0.2, -0.15) is 9.30 Å². The van der Waals surface area contributed by atoms with Crippen molar-refractivity contribution < 1.29 is 13.2 Å². The van der Waals surface area contributed by atoms with Crippen molar-refractivity contribution in [3.8, 4) is 0 Å². The Morgan fingerprint density at radius 2 is 1.90 bits per heavy atom. The van der Waals surface area contributed by atoms with E-state index in [1.165, 1.54) is 23.5 Å². The molecule has 0 aliphatic carbocycles. The third-order valence-corrected chi connectivity index (χ3v) is 8.97. The van der Waals surface area contributed by atoms with Gasteiger partial charge in [0.2, 0.25) is 10.0 Å². The molecule has 1 amide bonds. The van der Waals surface area contributed by atoms with Gasteiger partial charge in [-0.25, -0.2) is 8.42 Å². The lowest BCUT2D eigenvalue weighted by Crippen LogP contribution is -2.43. The number of thiazole rings is 1. The van der Waals surface area contributed by atoms with Gasteiger partial charge in [-0.1, -0.05) is 30.7 Å². The molecule has 6 nitrogen and oxygen atoms in total. The maximum atomic E-state index is 13.1. The number of aryl methyl sites for hydroxylation is 2. The highest BCUT2D eigenvalue weighted by molar-refractivity contribution is 7.89. The number of fused-ring (bicyclic) bond motifs is 1. The number of benzene rings is 2. The van der Waals surface area contributed by atoms with E-state index in [4.69, 9.17) is 0 Å². The molecule has 164 valence electrons. The normalized spacial score (nSPS) is 18.5. The lowest BCUT2D eigenvalue weighted by atomic mass is 10.0. The number of aromatic nitrogens is 1. The fourth-order valence-electron chi connectivity index (χ4n) is 4.10. The van der Waals surface area contributed by atoms with Gasteiger partial charge in [-0.15, -0.1) is 0 Å². The van der Waals surface area contributed by atoms with E-state index in [1.807, 2.05) is 37.6 Å². The first-order chi connectivity index (χ1) is 14.8. The Bertz CT molecular complexity index is 1290. The zero-order chi connectivity index (χ0) is 22.2. The molecule has 4 rings (SSSR count). The minimum atomic E-state index is -3.56. The second-order valence-electron chi connectivity index (χ2n) is 8.03. The van der Waals surface area contributed by atoms with Crippen LogP contribution < -0.4 is 4.80 Å². The quantitative estimate of drug-likeness (QED) is 0.588. The summed E-state index contributed by atoms with van der Waals surface area (Å²) in [5.74, 6) is -0.382. The SMILES string of the molecule is CCC1CCCCN1S(=O)(=O)c1ccc(C(=O)N=c2sc3cc(C)ccc3n2C)cc1. The molecule has 8 heteroatoms. The topological polar surface area (TPSA) is 71.7 Å². The van der Waals surface area contributed by atoms with Crippen LogP contribution in [0.1, 0.15) is 48.5 Å². The smallest absolute Gasteiger partial charge is 0.279 e. The molecule has 0 radical (unpaired) electrons. The van der Waals surface area contributed by atoms with E-state index >= 15 is 0 Å². The number of piperidine rings is 1. The summed E-state index contributed by atoms with van der Waals surface area (Å²) in [5, 5.41) is 0. The molecule has 1 fully saturated rings. The van der Waals surface area contributed by atoms with Crippen LogP contribution in [0.4, 0.5) is 0 Å². The predicted octanol–water partition coefficient (Wildman–Crippen LogP) is 4.24. The van der Waals surface area contributed by atoms with Crippen molar-refractivity contribution in [3.05, 3.63) is 58.4 Å². The van der Waals surface area contributed by atoms with Crippen LogP contribution in [0.5, 0.6) is 0 Å². The maximum absolute atomic E-state index is 13.1. The summed E-state index contributed by atoms with van der Waals surface area (Å²) >= 11 is 1.46. The van der Waals surface area contributed by atoms with E-state index in [-0.39, 0.29) is 16.8 Å². The summed E-state index contributed by atoms with van der Waals surface area (Å²) in [6.45, 7) is 4.61. The van der Waals surface area contributed by atoms with Crippen LogP contribution in [0.3, 0.4) is 0 Å². The van der Waals surface area contributed by atoms with E-state index in [0.717, 1.165) is 41.5 Å². The van der Waals surface area contributed by atoms with Gasteiger partial charge >= 0.3 is 0 Å². The van der Waals surface area contributed by atoms with Crippen molar-refractivity contribution in [1.29, 1.82) is 0 Å². The fraction of sp³-hybridized carbons (Fsp3) is 0.391. The average molecular weight is 458 g/mol. The highest BCUT2D eigenvalue weighted by Gasteiger charge is 2.32. The zero-order valence-corrected chi connectivity index (χ0v) is 19.7. The lowest BCUT2D eigenvalue weighted by molar-refractivity contribution is 0.0998. The molecular weight excluding hydrogens is 430 g/mol. The molecule has 1 atom stereocenters. The molecule has 1 unspecified atom stereocenters. The number of carbonyl (C=O) groups excluding carboxylic acids is 1. The average Bonchev–Trinajstić information content (AvgIpc) is 3.07. The number of rotatable bonds is 4. The van der Waals surface area contributed by atoms with Gasteiger partial charge in [0.1, 0.15) is 0 Å². The number of amides is 1. The van der Waals surface area contributed by atoms with Crippen LogP contribution in [0.25, 0.3) is 10.2 Å². The minimum absolute atomic E-state index is 0.0478. The van der Waals surface area contributed by atoms with Crippen molar-refractivity contribution in [2.75, 3.05) is 6.54 Å². The van der Waals surface area contributed by atoms with Gasteiger partial charge < -0.3 is 4.57 Å². The Kier molecular flexibility index (Phi) is 6.14. The van der Waals surface area contributed by atoms with E-state index in [0.29, 0.717) is 16.9 Å². The summed E-state index contributed by atoms with van der Waals surface area (Å²) in [6, 6.07) is 12.3. The summed E-state index contributed by atoms with van der Waals surface area (Å²) in [5.41, 5.74) is 2.55. The van der Waals surface area contributed by atoms with Crippen LogP contribution in [0, 0.1) is 6.92 Å². The second-order valence-corrected chi connectivity index (χ2v) is 10.9. The van der Waals surface area contributed by atoms with Crippen molar-refractivity contribution in [2.45, 2.75) is 50.5 Å². The van der Waals surface area contributed by atoms with Crippen molar-refractivity contribution in [1.82, 2.24) is 8.87 Å². The molecule has 2 heterocycles. The van der Waals surface area contributed by atoms with Gasteiger partial charge in [-0.3, -0.25) is 4.79 Å². The van der Waals surface area contributed by atoms with Gasteiger partial charge in [0, 0.05) is 25.2 Å². The zero-order valence-electron chi connectivity index (χ0n) is 18.0. The molecule has 3 aromatic rings. The highest BCUT2D eigenvalue weighted by atomic mass is 32.2. The van der Waals surface area contributed by atoms with E-state index in [9.17, 15) is 13.2 Å². The van der Waals surface area contributed by atoms with E-state index in [1.54, 1.807) is 16.4 Å². The number of hydrogen-bond donors (Lipinski definition) is 0. The fourth-order valence-corrected chi connectivity index (χ4v) is 6.98. The van der Waals surface area contributed by atoms with Gasteiger partial charge in [0.15, 0.2) is 4.80 Å². The maximum Gasteiger partial charge on any atom is 0.279 e. The van der Waals surface area contributed by atoms with E-state index in [2.05, 4.69) is 11.1 Å². The predicted molar refractivity (Wildman–Crippen MR) is 124 cm³/mol. The van der Waals surface area contributed by atoms with Crippen LogP contribution >= 0.6 is 11.3 Å². The molecule has 1 aliphatic rings. The van der Waals surface area contributed by atoms with Gasteiger partial charge in [-0.05, 0) is 68.1 Å². The molecular formula is C23H27N3O3S2. The first-order valence-corrected chi connectivity index (χ1v) is 12.8. The third-order valence-electron chi connectivity index (χ3n) is 5.91. The van der Waals surface area contributed by atoms with Crippen LogP contribution in [-0.2, 0) is 17.1 Å². The second kappa shape index (κ2) is 8.68. The first-order valence-electron chi connectivity index (χ1n) is 10.6. The Labute approximate surface area is 186 Å². The molecule has 0 N–H and O–H groups in total. The van der Waals surface area contributed by atoms with E-state index < -0.39 is 10.0 Å². The van der Waals surface area contributed by atoms with Crippen molar-refractivity contribution >= 4 is 37.5 Å². The van der Waals surface area contributed by atoms with Gasteiger partial charge in [0.25, 0.3) is 5.91 Å². The third kappa shape index (κ3) is 4.24. The number of sulfonamides is 1. The summed E-state index contributed by atoms with van der Waals surface area (Å²) < 4.78 is 30.8. The number of carbonyl (C=O) groups is 1. The van der Waals surface area contributed by atoms with Gasteiger partial charge in [0.05, 0.1) is 15.1 Å². The highest BCUT2D eigenvalue weighted by Crippen LogP contribution is 2.27. The molecule has 1 saturated heterocycles. The molecule has 31 heavy (non-hydrogen) atoms. The molecule has 1 aliphatic heterocycles. The molecule has 1 aromatic heterocycles. The standard InChI is InChI=1S/C23H27N3O3S2/c1-4-18-7-5-6-14-26(18)31(28,29)19-11-9-17(10-12-19)22(27)24-23-25(3)20-13-8-16(2)15-21(20)30-23/h8-13,15,18H,4-7,14H2,1-3H3. The van der Waals surface area contributed by atoms with Crippen molar-refractivity contribution in [2.24, 2.45) is 12.0 Å². The Morgan fingerprint density at radius 1 is 1.16 bits per heavy atom. The Morgan fingerprint density at radius 3 is 2.61 bits per heavy atom. The Balaban J connectivity index is 1.62. The Hall–Kier alpha value is -2.29. The van der Waals surface area contributed by atoms with Crippen molar-refractivity contribution in [3.63, 3.8) is 0 Å². The molecule has 0 spiro atoms. The largest absolute Gasteiger partial charge is 0.319 e. The first kappa shape index (κ1) is 21.9. The summed E-state index contributed by atoms with van der Waals surface area (Å²) in [7, 11) is -1.68. The van der Waals surface area contributed by atoms with Crippen LogP contribution in [-0.4, -0.2) is 35.8 Å². The van der Waals surface area contributed by atoms with Crippen LogP contribution in [0.2, 0.25) is 0 Å². The summed E-state index contributed by atoms with van der Waals surface area (Å²) in [4.78, 5) is 17.9. The number of hydrogen-bond acceptors (Lipinski definition) is 4. The molecule has 0 bridgehead atoms. The number of nitrogens with zero attached hydrogens (tertiary/aromatic N) is 3. The lowest BCUT2D eigenvalue weighted by Gasteiger charge is -2.34. The monoisotopic (exact) mass is 457 g/mol. The summed E-state index contributed by atoms with van der Waals surface area (Å²) in [6.07, 6.45) is 3.66. The van der Waals surface area contributed by atoms with Crippen LogP contribution in [0.15, 0.2) is 52.4 Å².